The van der Waals surface area contributed by atoms with E-state index in [9.17, 15) is 4.39 Å². The third kappa shape index (κ3) is 3.74. The lowest BCUT2D eigenvalue weighted by atomic mass is 10.0. The molecule has 0 saturated carbocycles. The Morgan fingerprint density at radius 3 is 2.63 bits per heavy atom. The van der Waals surface area contributed by atoms with Crippen LogP contribution in [0, 0.1) is 6.92 Å². The summed E-state index contributed by atoms with van der Waals surface area (Å²) < 4.78 is 14.2. The molecule has 2 aromatic rings. The molecule has 0 radical (unpaired) electrons. The maximum absolute atomic E-state index is 14.2. The largest absolute Gasteiger partial charge is 0.309 e. The average Bonchev–Trinajstić information content (AvgIpc) is 2.34. The van der Waals surface area contributed by atoms with Crippen LogP contribution in [0.3, 0.4) is 0 Å². The zero-order valence-corrected chi connectivity index (χ0v) is 12.0. The van der Waals surface area contributed by atoms with Crippen LogP contribution in [0.5, 0.6) is 0 Å². The second-order valence-corrected chi connectivity index (χ2v) is 6.00. The third-order valence-electron chi connectivity index (χ3n) is 3.03. The quantitative estimate of drug-likeness (QED) is 0.904. The molecular weight excluding hydrogens is 239 g/mol. The summed E-state index contributed by atoms with van der Waals surface area (Å²) in [5, 5.41) is 4.17. The molecular formula is C16H21FN2. The van der Waals surface area contributed by atoms with Gasteiger partial charge in [-0.3, -0.25) is 4.98 Å². The van der Waals surface area contributed by atoms with E-state index in [0.29, 0.717) is 12.1 Å². The molecule has 1 aromatic heterocycles. The van der Waals surface area contributed by atoms with Crippen LogP contribution in [0.4, 0.5) is 4.39 Å². The summed E-state index contributed by atoms with van der Waals surface area (Å²) in [5.74, 6) is 0. The van der Waals surface area contributed by atoms with E-state index in [4.69, 9.17) is 0 Å². The van der Waals surface area contributed by atoms with Gasteiger partial charge in [-0.2, -0.15) is 0 Å². The Balaban J connectivity index is 2.18. The van der Waals surface area contributed by atoms with Gasteiger partial charge in [0.25, 0.3) is 0 Å². The summed E-state index contributed by atoms with van der Waals surface area (Å²) in [6, 6.07) is 9.54. The molecule has 0 amide bonds. The Morgan fingerprint density at radius 2 is 1.95 bits per heavy atom. The second kappa shape index (κ2) is 5.25. The van der Waals surface area contributed by atoms with Crippen LogP contribution < -0.4 is 5.32 Å². The molecule has 1 N–H and O–H groups in total. The third-order valence-corrected chi connectivity index (χ3v) is 3.03. The molecule has 0 aliphatic rings. The Morgan fingerprint density at radius 1 is 1.21 bits per heavy atom. The standard InChI is InChI=1S/C16H21FN2/c1-11-5-6-13-9-12(7-8-15(13)19-11)14(17)10-18-16(2,3)4/h5-9,14,18H,10H2,1-4H3. The predicted octanol–water partition coefficient (Wildman–Crippen LogP) is 3.94. The van der Waals surface area contributed by atoms with E-state index in [1.807, 2.05) is 58.0 Å². The average molecular weight is 260 g/mol. The highest BCUT2D eigenvalue weighted by molar-refractivity contribution is 5.79. The number of alkyl halides is 1. The molecule has 2 nitrogen and oxygen atoms in total. The fraction of sp³-hybridized carbons (Fsp3) is 0.438. The zero-order valence-electron chi connectivity index (χ0n) is 12.0. The van der Waals surface area contributed by atoms with Crippen LogP contribution in [-0.2, 0) is 0 Å². The highest BCUT2D eigenvalue weighted by atomic mass is 19.1. The highest BCUT2D eigenvalue weighted by Gasteiger charge is 2.15. The monoisotopic (exact) mass is 260 g/mol. The lowest BCUT2D eigenvalue weighted by molar-refractivity contribution is 0.292. The molecule has 0 aliphatic heterocycles. The van der Waals surface area contributed by atoms with Gasteiger partial charge in [0.2, 0.25) is 0 Å². The summed E-state index contributed by atoms with van der Waals surface area (Å²) in [6.45, 7) is 8.39. The predicted molar refractivity (Wildman–Crippen MR) is 78.1 cm³/mol. The van der Waals surface area contributed by atoms with E-state index in [1.54, 1.807) is 0 Å². The first kappa shape index (κ1) is 13.9. The van der Waals surface area contributed by atoms with Crippen molar-refractivity contribution in [2.24, 2.45) is 0 Å². The lowest BCUT2D eigenvalue weighted by Crippen LogP contribution is -2.37. The van der Waals surface area contributed by atoms with Gasteiger partial charge in [0.1, 0.15) is 6.17 Å². The summed E-state index contributed by atoms with van der Waals surface area (Å²) in [4.78, 5) is 4.42. The number of aryl methyl sites for hydroxylation is 1. The number of hydrogen-bond acceptors (Lipinski definition) is 2. The SMILES string of the molecule is Cc1ccc2cc(C(F)CNC(C)(C)C)ccc2n1. The van der Waals surface area contributed by atoms with E-state index in [0.717, 1.165) is 16.6 Å². The fourth-order valence-electron chi connectivity index (χ4n) is 1.95. The molecule has 0 fully saturated rings. The van der Waals surface area contributed by atoms with Crippen LogP contribution in [0.15, 0.2) is 30.3 Å². The number of pyridine rings is 1. The van der Waals surface area contributed by atoms with Crippen molar-refractivity contribution in [3.63, 3.8) is 0 Å². The number of rotatable bonds is 3. The summed E-state index contributed by atoms with van der Waals surface area (Å²) in [7, 11) is 0. The van der Waals surface area contributed by atoms with Gasteiger partial charge in [0.05, 0.1) is 5.52 Å². The minimum Gasteiger partial charge on any atom is -0.309 e. The van der Waals surface area contributed by atoms with Gasteiger partial charge in [0.15, 0.2) is 0 Å². The van der Waals surface area contributed by atoms with Gasteiger partial charge in [-0.25, -0.2) is 4.39 Å². The first-order chi connectivity index (χ1) is 8.85. The molecule has 2 rings (SSSR count). The van der Waals surface area contributed by atoms with Crippen molar-refractivity contribution in [3.05, 3.63) is 41.6 Å². The van der Waals surface area contributed by atoms with Crippen molar-refractivity contribution in [2.45, 2.75) is 39.4 Å². The van der Waals surface area contributed by atoms with Gasteiger partial charge in [-0.1, -0.05) is 12.1 Å². The second-order valence-electron chi connectivity index (χ2n) is 6.00. The van der Waals surface area contributed by atoms with Gasteiger partial charge in [0, 0.05) is 23.2 Å². The van der Waals surface area contributed by atoms with Crippen molar-refractivity contribution >= 4 is 10.9 Å². The Bertz CT molecular complexity index is 572. The lowest BCUT2D eigenvalue weighted by Gasteiger charge is -2.22. The molecule has 1 heterocycles. The van der Waals surface area contributed by atoms with Crippen LogP contribution in [0.2, 0.25) is 0 Å². The molecule has 0 spiro atoms. The Kier molecular flexibility index (Phi) is 3.85. The van der Waals surface area contributed by atoms with E-state index < -0.39 is 6.17 Å². The minimum absolute atomic E-state index is 0.0696. The van der Waals surface area contributed by atoms with Crippen LogP contribution in [-0.4, -0.2) is 17.1 Å². The Labute approximate surface area is 114 Å². The number of fused-ring (bicyclic) bond motifs is 1. The van der Waals surface area contributed by atoms with E-state index >= 15 is 0 Å². The first-order valence-corrected chi connectivity index (χ1v) is 6.61. The van der Waals surface area contributed by atoms with E-state index in [-0.39, 0.29) is 5.54 Å². The minimum atomic E-state index is -0.995. The van der Waals surface area contributed by atoms with Gasteiger partial charge in [-0.15, -0.1) is 0 Å². The van der Waals surface area contributed by atoms with E-state index in [2.05, 4.69) is 10.3 Å². The molecule has 3 heteroatoms. The molecule has 0 saturated heterocycles. The van der Waals surface area contributed by atoms with Crippen molar-refractivity contribution in [2.75, 3.05) is 6.54 Å². The van der Waals surface area contributed by atoms with Crippen molar-refractivity contribution in [1.29, 1.82) is 0 Å². The molecule has 1 atom stereocenters. The normalized spacial score (nSPS) is 13.7. The highest BCUT2D eigenvalue weighted by Crippen LogP contribution is 2.22. The van der Waals surface area contributed by atoms with E-state index in [1.165, 1.54) is 0 Å². The summed E-state index contributed by atoms with van der Waals surface area (Å²) >= 11 is 0. The smallest absolute Gasteiger partial charge is 0.138 e. The van der Waals surface area contributed by atoms with Gasteiger partial charge >= 0.3 is 0 Å². The summed E-state index contributed by atoms with van der Waals surface area (Å²) in [5.41, 5.74) is 2.53. The maximum atomic E-state index is 14.2. The summed E-state index contributed by atoms with van der Waals surface area (Å²) in [6.07, 6.45) is -0.995. The van der Waals surface area contributed by atoms with Crippen LogP contribution in [0.1, 0.15) is 38.2 Å². The molecule has 19 heavy (non-hydrogen) atoms. The molecule has 0 bridgehead atoms. The molecule has 0 aliphatic carbocycles. The van der Waals surface area contributed by atoms with Gasteiger partial charge in [-0.05, 0) is 51.5 Å². The number of hydrogen-bond donors (Lipinski definition) is 1. The van der Waals surface area contributed by atoms with Gasteiger partial charge < -0.3 is 5.32 Å². The maximum Gasteiger partial charge on any atom is 0.138 e. The number of aromatic nitrogens is 1. The fourth-order valence-corrected chi connectivity index (χ4v) is 1.95. The number of benzene rings is 1. The Hall–Kier alpha value is -1.48. The number of nitrogens with zero attached hydrogens (tertiary/aromatic N) is 1. The first-order valence-electron chi connectivity index (χ1n) is 6.61. The van der Waals surface area contributed by atoms with Crippen molar-refractivity contribution in [3.8, 4) is 0 Å². The molecule has 102 valence electrons. The zero-order chi connectivity index (χ0) is 14.0. The number of halogens is 1. The molecule has 1 unspecified atom stereocenters. The van der Waals surface area contributed by atoms with Crippen molar-refractivity contribution in [1.82, 2.24) is 10.3 Å². The van der Waals surface area contributed by atoms with Crippen LogP contribution >= 0.6 is 0 Å². The topological polar surface area (TPSA) is 24.9 Å². The van der Waals surface area contributed by atoms with Crippen LogP contribution in [0.25, 0.3) is 10.9 Å². The molecule has 1 aromatic carbocycles. The van der Waals surface area contributed by atoms with Crippen molar-refractivity contribution < 1.29 is 4.39 Å². The number of nitrogens with one attached hydrogen (secondary N) is 1.